The molecule has 0 saturated carbocycles. The van der Waals surface area contributed by atoms with Gasteiger partial charge in [-0.2, -0.15) is 0 Å². The lowest BCUT2D eigenvalue weighted by molar-refractivity contribution is -0.126. The Kier molecular flexibility index (Phi) is 7.19. The molecule has 116 valence electrons. The van der Waals surface area contributed by atoms with Crippen molar-refractivity contribution in [2.24, 2.45) is 0 Å². The predicted molar refractivity (Wildman–Crippen MR) is 85.6 cm³/mol. The van der Waals surface area contributed by atoms with Crippen LogP contribution in [-0.2, 0) is 9.59 Å². The van der Waals surface area contributed by atoms with E-state index in [1.807, 2.05) is 30.3 Å². The smallest absolute Gasteiger partial charge is 0.246 e. The molecule has 1 aliphatic rings. The van der Waals surface area contributed by atoms with Gasteiger partial charge in [0, 0.05) is 18.2 Å². The first kappa shape index (κ1) is 17.5. The van der Waals surface area contributed by atoms with Crippen LogP contribution in [0.1, 0.15) is 26.2 Å². The van der Waals surface area contributed by atoms with Gasteiger partial charge in [0.15, 0.2) is 0 Å². The van der Waals surface area contributed by atoms with Crippen LogP contribution in [0.4, 0.5) is 5.69 Å². The number of anilines is 1. The van der Waals surface area contributed by atoms with E-state index in [4.69, 9.17) is 0 Å². The summed E-state index contributed by atoms with van der Waals surface area (Å²) in [6, 6.07) is 8.93. The molecule has 1 fully saturated rings. The minimum absolute atomic E-state index is 0. The molecule has 5 nitrogen and oxygen atoms in total. The summed E-state index contributed by atoms with van der Waals surface area (Å²) >= 11 is 0. The molecule has 3 N–H and O–H groups in total. The van der Waals surface area contributed by atoms with E-state index in [0.717, 1.165) is 25.1 Å². The Morgan fingerprint density at radius 1 is 1.33 bits per heavy atom. The second kappa shape index (κ2) is 8.64. The molecule has 0 aromatic heterocycles. The van der Waals surface area contributed by atoms with Gasteiger partial charge in [0.2, 0.25) is 11.8 Å². The van der Waals surface area contributed by atoms with Crippen molar-refractivity contribution in [1.29, 1.82) is 0 Å². The van der Waals surface area contributed by atoms with Crippen LogP contribution in [0.15, 0.2) is 30.3 Å². The van der Waals surface area contributed by atoms with Crippen LogP contribution in [0.3, 0.4) is 0 Å². The molecule has 0 aliphatic carbocycles. The number of hydrogen-bond acceptors (Lipinski definition) is 3. The third-order valence-electron chi connectivity index (χ3n) is 3.41. The highest BCUT2D eigenvalue weighted by molar-refractivity contribution is 5.96. The Morgan fingerprint density at radius 2 is 2.05 bits per heavy atom. The summed E-state index contributed by atoms with van der Waals surface area (Å²) in [4.78, 5) is 23.8. The second-order valence-electron chi connectivity index (χ2n) is 5.14. The number of carbonyl (C=O) groups excluding carboxylic acids is 2. The first-order valence-corrected chi connectivity index (χ1v) is 7.04. The number of benzene rings is 1. The van der Waals surface area contributed by atoms with Crippen molar-refractivity contribution >= 4 is 29.9 Å². The molecule has 0 bridgehead atoms. The standard InChI is InChI=1S/C15H21N3O2.ClH/c1-11(15(20)18-12-6-3-2-4-7-12)17-14(19)10-13-8-5-9-16-13;/h2-4,6-7,11,13,16H,5,8-10H2,1H3,(H,17,19)(H,18,20);1H. The Labute approximate surface area is 131 Å². The van der Waals surface area contributed by atoms with Gasteiger partial charge in [-0.25, -0.2) is 0 Å². The highest BCUT2D eigenvalue weighted by Crippen LogP contribution is 2.09. The van der Waals surface area contributed by atoms with Gasteiger partial charge < -0.3 is 16.0 Å². The van der Waals surface area contributed by atoms with Crippen molar-refractivity contribution in [2.75, 3.05) is 11.9 Å². The van der Waals surface area contributed by atoms with Gasteiger partial charge in [0.25, 0.3) is 0 Å². The Balaban J connectivity index is 0.00000220. The molecular weight excluding hydrogens is 290 g/mol. The fraction of sp³-hybridized carbons (Fsp3) is 0.467. The first-order chi connectivity index (χ1) is 9.65. The van der Waals surface area contributed by atoms with Crippen molar-refractivity contribution in [3.8, 4) is 0 Å². The molecule has 21 heavy (non-hydrogen) atoms. The molecule has 1 heterocycles. The molecular formula is C15H22ClN3O2. The molecule has 1 aromatic rings. The third-order valence-corrected chi connectivity index (χ3v) is 3.41. The number of hydrogen-bond donors (Lipinski definition) is 3. The predicted octanol–water partition coefficient (Wildman–Crippen LogP) is 1.69. The zero-order valence-electron chi connectivity index (χ0n) is 12.1. The number of carbonyl (C=O) groups is 2. The van der Waals surface area contributed by atoms with Gasteiger partial charge in [-0.05, 0) is 38.4 Å². The Bertz CT molecular complexity index is 461. The highest BCUT2D eigenvalue weighted by atomic mass is 35.5. The SMILES string of the molecule is CC(NC(=O)CC1CCCN1)C(=O)Nc1ccccc1.Cl. The van der Waals surface area contributed by atoms with E-state index in [1.165, 1.54) is 0 Å². The van der Waals surface area contributed by atoms with Crippen LogP contribution in [0.25, 0.3) is 0 Å². The third kappa shape index (κ3) is 5.73. The van der Waals surface area contributed by atoms with E-state index in [0.29, 0.717) is 6.42 Å². The van der Waals surface area contributed by atoms with Gasteiger partial charge >= 0.3 is 0 Å². The van der Waals surface area contributed by atoms with Gasteiger partial charge in [0.1, 0.15) is 6.04 Å². The molecule has 1 saturated heterocycles. The van der Waals surface area contributed by atoms with Gasteiger partial charge in [0.05, 0.1) is 0 Å². The van der Waals surface area contributed by atoms with Crippen molar-refractivity contribution in [1.82, 2.24) is 10.6 Å². The molecule has 0 spiro atoms. The fourth-order valence-corrected chi connectivity index (χ4v) is 2.29. The number of para-hydroxylation sites is 1. The maximum atomic E-state index is 11.9. The minimum atomic E-state index is -0.538. The molecule has 2 rings (SSSR count). The molecule has 0 radical (unpaired) electrons. The van der Waals surface area contributed by atoms with Gasteiger partial charge in [-0.15, -0.1) is 12.4 Å². The summed E-state index contributed by atoms with van der Waals surface area (Å²) in [7, 11) is 0. The molecule has 2 atom stereocenters. The number of nitrogens with one attached hydrogen (secondary N) is 3. The van der Waals surface area contributed by atoms with Crippen molar-refractivity contribution in [3.63, 3.8) is 0 Å². The van der Waals surface area contributed by atoms with Crippen molar-refractivity contribution in [3.05, 3.63) is 30.3 Å². The van der Waals surface area contributed by atoms with Crippen molar-refractivity contribution in [2.45, 2.75) is 38.3 Å². The number of rotatable bonds is 5. The molecule has 2 amide bonds. The zero-order chi connectivity index (χ0) is 14.4. The largest absolute Gasteiger partial charge is 0.345 e. The second-order valence-corrected chi connectivity index (χ2v) is 5.14. The van der Waals surface area contributed by atoms with E-state index < -0.39 is 6.04 Å². The molecule has 2 unspecified atom stereocenters. The lowest BCUT2D eigenvalue weighted by Crippen LogP contribution is -2.43. The molecule has 1 aromatic carbocycles. The zero-order valence-corrected chi connectivity index (χ0v) is 12.9. The van der Waals surface area contributed by atoms with E-state index in [9.17, 15) is 9.59 Å². The lowest BCUT2D eigenvalue weighted by Gasteiger charge is -2.16. The van der Waals surface area contributed by atoms with E-state index >= 15 is 0 Å². The Morgan fingerprint density at radius 3 is 2.67 bits per heavy atom. The van der Waals surface area contributed by atoms with Crippen LogP contribution in [-0.4, -0.2) is 30.4 Å². The summed E-state index contributed by atoms with van der Waals surface area (Å²) in [5, 5.41) is 8.78. The quantitative estimate of drug-likeness (QED) is 0.775. The topological polar surface area (TPSA) is 70.2 Å². The number of halogens is 1. The first-order valence-electron chi connectivity index (χ1n) is 7.04. The van der Waals surface area contributed by atoms with E-state index in [1.54, 1.807) is 6.92 Å². The van der Waals surface area contributed by atoms with Crippen LogP contribution in [0, 0.1) is 0 Å². The van der Waals surface area contributed by atoms with Crippen molar-refractivity contribution < 1.29 is 9.59 Å². The summed E-state index contributed by atoms with van der Waals surface area (Å²) in [5.41, 5.74) is 0.732. The fourth-order valence-electron chi connectivity index (χ4n) is 2.29. The summed E-state index contributed by atoms with van der Waals surface area (Å²) in [5.74, 6) is -0.288. The maximum absolute atomic E-state index is 11.9. The summed E-state index contributed by atoms with van der Waals surface area (Å²) < 4.78 is 0. The van der Waals surface area contributed by atoms with E-state index in [-0.39, 0.29) is 30.3 Å². The van der Waals surface area contributed by atoms with E-state index in [2.05, 4.69) is 16.0 Å². The van der Waals surface area contributed by atoms with Crippen LogP contribution >= 0.6 is 12.4 Å². The average molecular weight is 312 g/mol. The summed E-state index contributed by atoms with van der Waals surface area (Å²) in [6.45, 7) is 2.67. The highest BCUT2D eigenvalue weighted by Gasteiger charge is 2.20. The summed E-state index contributed by atoms with van der Waals surface area (Å²) in [6.07, 6.45) is 2.57. The normalized spacial score (nSPS) is 18.4. The monoisotopic (exact) mass is 311 g/mol. The van der Waals surface area contributed by atoms with Crippen LogP contribution in [0.2, 0.25) is 0 Å². The average Bonchev–Trinajstić information content (AvgIpc) is 2.92. The molecule has 6 heteroatoms. The van der Waals surface area contributed by atoms with Crippen LogP contribution in [0.5, 0.6) is 0 Å². The van der Waals surface area contributed by atoms with Gasteiger partial charge in [-0.3, -0.25) is 9.59 Å². The minimum Gasteiger partial charge on any atom is -0.345 e. The van der Waals surface area contributed by atoms with Crippen LogP contribution < -0.4 is 16.0 Å². The number of amides is 2. The maximum Gasteiger partial charge on any atom is 0.246 e. The molecule has 1 aliphatic heterocycles. The Hall–Kier alpha value is -1.59. The van der Waals surface area contributed by atoms with Gasteiger partial charge in [-0.1, -0.05) is 18.2 Å². The lowest BCUT2D eigenvalue weighted by atomic mass is 10.1.